The predicted molar refractivity (Wildman–Crippen MR) is 73.9 cm³/mol. The van der Waals surface area contributed by atoms with Gasteiger partial charge in [-0.05, 0) is 24.6 Å². The van der Waals surface area contributed by atoms with Crippen LogP contribution < -0.4 is 10.1 Å². The molecule has 0 amide bonds. The smallest absolute Gasteiger partial charge is 0.154 e. The predicted octanol–water partition coefficient (Wildman–Crippen LogP) is 1.84. The van der Waals surface area contributed by atoms with Gasteiger partial charge >= 0.3 is 0 Å². The van der Waals surface area contributed by atoms with Gasteiger partial charge in [-0.15, -0.1) is 0 Å². The average Bonchev–Trinajstić information content (AvgIpc) is 2.88. The highest BCUT2D eigenvalue weighted by Gasteiger charge is 2.29. The van der Waals surface area contributed by atoms with E-state index in [0.29, 0.717) is 17.2 Å². The minimum atomic E-state index is -0.145. The summed E-state index contributed by atoms with van der Waals surface area (Å²) >= 11 is 5.96. The van der Waals surface area contributed by atoms with Gasteiger partial charge in [-0.25, -0.2) is 0 Å². The zero-order chi connectivity index (χ0) is 13.8. The Morgan fingerprint density at radius 2 is 2.26 bits per heavy atom. The van der Waals surface area contributed by atoms with Gasteiger partial charge in [0.1, 0.15) is 5.75 Å². The van der Waals surface area contributed by atoms with E-state index in [4.69, 9.17) is 21.1 Å². The summed E-state index contributed by atoms with van der Waals surface area (Å²) in [7, 11) is 3.26. The van der Waals surface area contributed by atoms with Crippen molar-refractivity contribution in [2.75, 3.05) is 20.8 Å². The molecule has 1 aromatic carbocycles. The van der Waals surface area contributed by atoms with Gasteiger partial charge < -0.3 is 14.8 Å². The molecule has 1 heterocycles. The van der Waals surface area contributed by atoms with Gasteiger partial charge in [0.05, 0.1) is 19.3 Å². The molecule has 1 fully saturated rings. The Hall–Kier alpha value is -1.10. The van der Waals surface area contributed by atoms with Crippen molar-refractivity contribution in [3.8, 4) is 5.75 Å². The van der Waals surface area contributed by atoms with Gasteiger partial charge in [-0.1, -0.05) is 11.6 Å². The summed E-state index contributed by atoms with van der Waals surface area (Å²) in [6.45, 7) is 0.722. The number of ether oxygens (including phenoxy) is 2. The first-order valence-corrected chi connectivity index (χ1v) is 6.63. The number of benzene rings is 1. The molecule has 1 saturated heterocycles. The highest BCUT2D eigenvalue weighted by molar-refractivity contribution is 6.30. The lowest BCUT2D eigenvalue weighted by Gasteiger charge is -2.12. The Morgan fingerprint density at radius 1 is 1.47 bits per heavy atom. The Labute approximate surface area is 118 Å². The number of Topliss-reactive ketones (excluding diaryl/α,β-unsaturated/α-hetero) is 1. The minimum Gasteiger partial charge on any atom is -0.496 e. The summed E-state index contributed by atoms with van der Waals surface area (Å²) in [4.78, 5) is 12.2. The molecule has 104 valence electrons. The SMILES string of the molecule is COc1ccc(Cl)cc1CC(=O)C1CC(OC)CN1. The highest BCUT2D eigenvalue weighted by atomic mass is 35.5. The fraction of sp³-hybridized carbons (Fsp3) is 0.500. The van der Waals surface area contributed by atoms with Gasteiger partial charge in [0, 0.05) is 30.7 Å². The number of carbonyl (C=O) groups excluding carboxylic acids is 1. The lowest BCUT2D eigenvalue weighted by Crippen LogP contribution is -2.31. The fourth-order valence-electron chi connectivity index (χ4n) is 2.32. The summed E-state index contributed by atoms with van der Waals surface area (Å²) in [5.41, 5.74) is 0.822. The van der Waals surface area contributed by atoms with Crippen molar-refractivity contribution in [2.24, 2.45) is 0 Å². The second-order valence-corrected chi connectivity index (χ2v) is 5.09. The van der Waals surface area contributed by atoms with E-state index < -0.39 is 0 Å². The van der Waals surface area contributed by atoms with E-state index in [9.17, 15) is 4.79 Å². The summed E-state index contributed by atoms with van der Waals surface area (Å²) in [6, 6.07) is 5.17. The first-order valence-electron chi connectivity index (χ1n) is 6.25. The first-order chi connectivity index (χ1) is 9.13. The topological polar surface area (TPSA) is 47.6 Å². The number of rotatable bonds is 5. The molecular formula is C14H18ClNO3. The van der Waals surface area contributed by atoms with Crippen LogP contribution in [0.2, 0.25) is 5.02 Å². The molecule has 0 radical (unpaired) electrons. The van der Waals surface area contributed by atoms with E-state index in [-0.39, 0.29) is 17.9 Å². The Morgan fingerprint density at radius 3 is 2.89 bits per heavy atom. The quantitative estimate of drug-likeness (QED) is 0.896. The molecule has 0 aromatic heterocycles. The van der Waals surface area contributed by atoms with Gasteiger partial charge in [0.25, 0.3) is 0 Å². The Bertz CT molecular complexity index is 464. The molecule has 2 atom stereocenters. The third-order valence-corrected chi connectivity index (χ3v) is 3.65. The van der Waals surface area contributed by atoms with Crippen molar-refractivity contribution < 1.29 is 14.3 Å². The number of methoxy groups -OCH3 is 2. The van der Waals surface area contributed by atoms with Crippen LogP contribution in [0.1, 0.15) is 12.0 Å². The molecule has 4 nitrogen and oxygen atoms in total. The first kappa shape index (κ1) is 14.3. The normalized spacial score (nSPS) is 22.5. The largest absolute Gasteiger partial charge is 0.496 e. The van der Waals surface area contributed by atoms with E-state index >= 15 is 0 Å². The zero-order valence-corrected chi connectivity index (χ0v) is 11.9. The van der Waals surface area contributed by atoms with Crippen LogP contribution in [0.4, 0.5) is 0 Å². The van der Waals surface area contributed by atoms with Crippen LogP contribution in [0, 0.1) is 0 Å². The molecule has 0 saturated carbocycles. The fourth-order valence-corrected chi connectivity index (χ4v) is 2.52. The number of carbonyl (C=O) groups is 1. The molecule has 5 heteroatoms. The number of ketones is 1. The van der Waals surface area contributed by atoms with Gasteiger partial charge in [-0.2, -0.15) is 0 Å². The number of hydrogen-bond donors (Lipinski definition) is 1. The molecule has 2 rings (SSSR count). The van der Waals surface area contributed by atoms with Crippen LogP contribution in [0.25, 0.3) is 0 Å². The maximum atomic E-state index is 12.2. The van der Waals surface area contributed by atoms with E-state index in [0.717, 1.165) is 18.5 Å². The molecule has 2 unspecified atom stereocenters. The van der Waals surface area contributed by atoms with Gasteiger partial charge in [0.2, 0.25) is 0 Å². The van der Waals surface area contributed by atoms with Crippen molar-refractivity contribution in [3.05, 3.63) is 28.8 Å². The second-order valence-electron chi connectivity index (χ2n) is 4.65. The number of nitrogens with one attached hydrogen (secondary N) is 1. The Kier molecular flexibility index (Phi) is 4.80. The van der Waals surface area contributed by atoms with Gasteiger partial charge in [-0.3, -0.25) is 4.79 Å². The van der Waals surface area contributed by atoms with E-state index in [1.54, 1.807) is 32.4 Å². The molecule has 0 bridgehead atoms. The molecule has 1 aliphatic heterocycles. The molecule has 1 N–H and O–H groups in total. The van der Waals surface area contributed by atoms with Crippen molar-refractivity contribution >= 4 is 17.4 Å². The lowest BCUT2D eigenvalue weighted by atomic mass is 10.0. The maximum Gasteiger partial charge on any atom is 0.154 e. The average molecular weight is 284 g/mol. The van der Waals surface area contributed by atoms with Gasteiger partial charge in [0.15, 0.2) is 5.78 Å². The summed E-state index contributed by atoms with van der Waals surface area (Å²) < 4.78 is 10.5. The zero-order valence-electron chi connectivity index (χ0n) is 11.1. The summed E-state index contributed by atoms with van der Waals surface area (Å²) in [5.74, 6) is 0.833. The highest BCUT2D eigenvalue weighted by Crippen LogP contribution is 2.24. The van der Waals surface area contributed by atoms with Crippen LogP contribution in [-0.4, -0.2) is 38.7 Å². The van der Waals surface area contributed by atoms with Crippen LogP contribution in [-0.2, 0) is 16.0 Å². The molecule has 1 aromatic rings. The molecule has 1 aliphatic rings. The van der Waals surface area contributed by atoms with E-state index in [1.807, 2.05) is 0 Å². The third kappa shape index (κ3) is 3.47. The summed E-state index contributed by atoms with van der Waals surface area (Å²) in [5, 5.41) is 3.79. The van der Waals surface area contributed by atoms with E-state index in [2.05, 4.69) is 5.32 Å². The van der Waals surface area contributed by atoms with Crippen molar-refractivity contribution in [2.45, 2.75) is 25.0 Å². The van der Waals surface area contributed by atoms with Crippen LogP contribution in [0.15, 0.2) is 18.2 Å². The van der Waals surface area contributed by atoms with Crippen molar-refractivity contribution in [1.82, 2.24) is 5.32 Å². The number of hydrogen-bond acceptors (Lipinski definition) is 4. The van der Waals surface area contributed by atoms with Crippen molar-refractivity contribution in [3.63, 3.8) is 0 Å². The van der Waals surface area contributed by atoms with Crippen LogP contribution in [0.5, 0.6) is 5.75 Å². The van der Waals surface area contributed by atoms with Crippen LogP contribution in [0.3, 0.4) is 0 Å². The molecule has 0 aliphatic carbocycles. The monoisotopic (exact) mass is 283 g/mol. The standard InChI is InChI=1S/C14H18ClNO3/c1-18-11-7-12(16-8-11)13(17)6-9-5-10(15)3-4-14(9)19-2/h3-5,11-12,16H,6-8H2,1-2H3. The minimum absolute atomic E-state index is 0.121. The second kappa shape index (κ2) is 6.37. The molecule has 19 heavy (non-hydrogen) atoms. The molecular weight excluding hydrogens is 266 g/mol. The lowest BCUT2D eigenvalue weighted by molar-refractivity contribution is -0.120. The maximum absolute atomic E-state index is 12.2. The van der Waals surface area contributed by atoms with Crippen molar-refractivity contribution in [1.29, 1.82) is 0 Å². The molecule has 0 spiro atoms. The van der Waals surface area contributed by atoms with Crippen LogP contribution >= 0.6 is 11.6 Å². The summed E-state index contributed by atoms with van der Waals surface area (Å²) in [6.07, 6.45) is 1.16. The van der Waals surface area contributed by atoms with E-state index in [1.165, 1.54) is 0 Å². The Balaban J connectivity index is 2.05. The third-order valence-electron chi connectivity index (χ3n) is 3.42. The number of halogens is 1.